The summed E-state index contributed by atoms with van der Waals surface area (Å²) in [6, 6.07) is 42.3. The van der Waals surface area contributed by atoms with Crippen LogP contribution in [0.5, 0.6) is 0 Å². The topological polar surface area (TPSA) is 12.5 Å². The van der Waals surface area contributed by atoms with Crippen LogP contribution in [0.15, 0.2) is 115 Å². The van der Waals surface area contributed by atoms with Crippen LogP contribution in [0.3, 0.4) is 0 Å². The molecule has 3 aliphatic rings. The largest absolute Gasteiger partial charge is 0.355 e. The minimum absolute atomic E-state index is 0.0513. The maximum Gasteiger partial charge on any atom is 0.138 e. The third-order valence-electron chi connectivity index (χ3n) is 10.2. The van der Waals surface area contributed by atoms with Crippen molar-refractivity contribution in [2.45, 2.75) is 52.0 Å². The first-order chi connectivity index (χ1) is 19.1. The van der Waals surface area contributed by atoms with E-state index < -0.39 is 7.92 Å². The molecular formula is C36H38NOP. The van der Waals surface area contributed by atoms with Crippen molar-refractivity contribution >= 4 is 23.8 Å². The molecule has 4 atom stereocenters. The third kappa shape index (κ3) is 4.20. The number of benzene rings is 4. The van der Waals surface area contributed by atoms with Crippen LogP contribution in [-0.2, 0) is 11.3 Å². The van der Waals surface area contributed by atoms with Crippen LogP contribution < -0.4 is 15.9 Å². The molecule has 198 valence electrons. The average molecular weight is 532 g/mol. The molecule has 3 heteroatoms. The van der Waals surface area contributed by atoms with Gasteiger partial charge >= 0.3 is 0 Å². The molecule has 1 heterocycles. The molecule has 0 aromatic heterocycles. The Morgan fingerprint density at radius 2 is 1.36 bits per heavy atom. The second-order valence-corrected chi connectivity index (χ2v) is 14.5. The van der Waals surface area contributed by atoms with Gasteiger partial charge in [-0.1, -0.05) is 129 Å². The second-order valence-electron chi connectivity index (χ2n) is 12.3. The van der Waals surface area contributed by atoms with Crippen molar-refractivity contribution in [1.82, 2.24) is 4.90 Å². The van der Waals surface area contributed by atoms with E-state index in [1.165, 1.54) is 46.3 Å². The highest BCUT2D eigenvalue weighted by Crippen LogP contribution is 2.69. The van der Waals surface area contributed by atoms with E-state index in [0.29, 0.717) is 11.5 Å². The first kappa shape index (κ1) is 25.2. The van der Waals surface area contributed by atoms with Crippen LogP contribution in [0, 0.1) is 16.7 Å². The molecular weight excluding hydrogens is 493 g/mol. The van der Waals surface area contributed by atoms with E-state index >= 15 is 0 Å². The van der Waals surface area contributed by atoms with Gasteiger partial charge in [-0.2, -0.15) is 0 Å². The summed E-state index contributed by atoms with van der Waals surface area (Å²) >= 11 is 0. The summed E-state index contributed by atoms with van der Waals surface area (Å²) < 4.78 is 7.34. The van der Waals surface area contributed by atoms with Gasteiger partial charge in [0.05, 0.1) is 6.10 Å². The molecule has 4 aromatic carbocycles. The van der Waals surface area contributed by atoms with Crippen LogP contribution in [0.2, 0.25) is 0 Å². The first-order valence-corrected chi connectivity index (χ1v) is 15.8. The fourth-order valence-corrected chi connectivity index (χ4v) is 10.4. The van der Waals surface area contributed by atoms with E-state index in [4.69, 9.17) is 4.74 Å². The molecule has 3 fully saturated rings. The summed E-state index contributed by atoms with van der Waals surface area (Å²) in [7, 11) is -0.717. The molecule has 2 nitrogen and oxygen atoms in total. The third-order valence-corrected chi connectivity index (χ3v) is 12.7. The zero-order chi connectivity index (χ0) is 26.5. The van der Waals surface area contributed by atoms with Gasteiger partial charge in [0.25, 0.3) is 0 Å². The molecule has 2 saturated carbocycles. The molecule has 7 rings (SSSR count). The fourth-order valence-electron chi connectivity index (χ4n) is 7.96. The van der Waals surface area contributed by atoms with Gasteiger partial charge in [0.15, 0.2) is 0 Å². The zero-order valence-electron chi connectivity index (χ0n) is 23.0. The number of hydrogen-bond donors (Lipinski definition) is 0. The standard InChI is InChI=1S/C36H38NOP/c1-35(2)28-22-23-36(35)26-37(25-27-14-6-3-7-15-27)34(38-33(36)24-28)31-20-12-13-21-32(31)39(29-16-8-4-9-17-29)30-18-10-5-11-19-30/h3-21,28,33-34H,22-26H2,1-2H3/t28-,33?,34?,36-/m1/s1. The van der Waals surface area contributed by atoms with Crippen LogP contribution >= 0.6 is 7.92 Å². The molecule has 0 radical (unpaired) electrons. The van der Waals surface area contributed by atoms with Crippen molar-refractivity contribution in [1.29, 1.82) is 0 Å². The predicted octanol–water partition coefficient (Wildman–Crippen LogP) is 7.17. The van der Waals surface area contributed by atoms with Crippen molar-refractivity contribution in [2.24, 2.45) is 16.7 Å². The molecule has 0 amide bonds. The predicted molar refractivity (Wildman–Crippen MR) is 163 cm³/mol. The van der Waals surface area contributed by atoms with Crippen molar-refractivity contribution in [3.63, 3.8) is 0 Å². The van der Waals surface area contributed by atoms with Crippen LogP contribution in [0.1, 0.15) is 50.5 Å². The summed E-state index contributed by atoms with van der Waals surface area (Å²) in [5, 5.41) is 4.18. The lowest BCUT2D eigenvalue weighted by molar-refractivity contribution is -0.216. The highest BCUT2D eigenvalue weighted by molar-refractivity contribution is 7.79. The Morgan fingerprint density at radius 1 is 0.769 bits per heavy atom. The van der Waals surface area contributed by atoms with E-state index in [9.17, 15) is 0 Å². The zero-order valence-corrected chi connectivity index (χ0v) is 23.9. The first-order valence-electron chi connectivity index (χ1n) is 14.5. The Balaban J connectivity index is 1.34. The molecule has 2 aliphatic carbocycles. The maximum absolute atomic E-state index is 7.34. The van der Waals surface area contributed by atoms with Gasteiger partial charge in [0, 0.05) is 24.1 Å². The Bertz CT molecular complexity index is 1380. The van der Waals surface area contributed by atoms with E-state index in [1.807, 2.05) is 0 Å². The van der Waals surface area contributed by atoms with Gasteiger partial charge in [0.2, 0.25) is 0 Å². The Hall–Kier alpha value is -2.77. The normalized spacial score (nSPS) is 27.5. The summed E-state index contributed by atoms with van der Waals surface area (Å²) in [6.07, 6.45) is 4.12. The molecule has 2 bridgehead atoms. The Labute approximate surface area is 234 Å². The average Bonchev–Trinajstić information content (AvgIpc) is 3.34. The van der Waals surface area contributed by atoms with Gasteiger partial charge in [-0.3, -0.25) is 4.90 Å². The Kier molecular flexibility index (Phi) is 6.47. The van der Waals surface area contributed by atoms with Gasteiger partial charge in [-0.15, -0.1) is 0 Å². The number of rotatable bonds is 6. The van der Waals surface area contributed by atoms with Crippen molar-refractivity contribution in [3.8, 4) is 0 Å². The monoisotopic (exact) mass is 531 g/mol. The SMILES string of the molecule is CC1(C)[C@@H]2CC[C@]13CN(Cc1ccccc1)C(c1ccccc1P(c1ccccc1)c1ccccc1)OC3C2. The van der Waals surface area contributed by atoms with Crippen LogP contribution in [0.25, 0.3) is 0 Å². The van der Waals surface area contributed by atoms with Crippen molar-refractivity contribution in [3.05, 3.63) is 126 Å². The van der Waals surface area contributed by atoms with Crippen LogP contribution in [0.4, 0.5) is 0 Å². The molecule has 39 heavy (non-hydrogen) atoms. The van der Waals surface area contributed by atoms with E-state index in [2.05, 4.69) is 134 Å². The lowest BCUT2D eigenvalue weighted by Gasteiger charge is -2.53. The van der Waals surface area contributed by atoms with E-state index in [0.717, 1.165) is 19.0 Å². The molecule has 1 saturated heterocycles. The number of nitrogens with zero attached hydrogens (tertiary/aromatic N) is 1. The summed E-state index contributed by atoms with van der Waals surface area (Å²) in [4.78, 5) is 2.67. The van der Waals surface area contributed by atoms with E-state index in [1.54, 1.807) is 0 Å². The minimum Gasteiger partial charge on any atom is -0.355 e. The lowest BCUT2D eigenvalue weighted by Crippen LogP contribution is -2.56. The molecule has 1 spiro atoms. The minimum atomic E-state index is -0.717. The van der Waals surface area contributed by atoms with Crippen molar-refractivity contribution in [2.75, 3.05) is 6.54 Å². The highest BCUT2D eigenvalue weighted by atomic mass is 31.1. The maximum atomic E-state index is 7.34. The van der Waals surface area contributed by atoms with Gasteiger partial charge in [-0.05, 0) is 60.0 Å². The molecule has 1 aliphatic heterocycles. The van der Waals surface area contributed by atoms with E-state index in [-0.39, 0.29) is 11.6 Å². The lowest BCUT2D eigenvalue weighted by atomic mass is 9.67. The Morgan fingerprint density at radius 3 is 2.00 bits per heavy atom. The number of ether oxygens (including phenoxy) is 1. The quantitative estimate of drug-likeness (QED) is 0.245. The molecule has 4 aromatic rings. The molecule has 0 N–H and O–H groups in total. The second kappa shape index (κ2) is 10.0. The van der Waals surface area contributed by atoms with Crippen molar-refractivity contribution < 1.29 is 4.74 Å². The molecule has 2 unspecified atom stereocenters. The highest BCUT2D eigenvalue weighted by Gasteiger charge is 2.67. The van der Waals surface area contributed by atoms with Gasteiger partial charge in [-0.25, -0.2) is 0 Å². The summed E-state index contributed by atoms with van der Waals surface area (Å²) in [6.45, 7) is 7.05. The number of hydrogen-bond acceptors (Lipinski definition) is 2. The number of fused-ring (bicyclic) bond motifs is 1. The fraction of sp³-hybridized carbons (Fsp3) is 0.333. The summed E-state index contributed by atoms with van der Waals surface area (Å²) in [5.74, 6) is 0.765. The summed E-state index contributed by atoms with van der Waals surface area (Å²) in [5.41, 5.74) is 3.25. The van der Waals surface area contributed by atoms with Gasteiger partial charge in [0.1, 0.15) is 6.23 Å². The van der Waals surface area contributed by atoms with Gasteiger partial charge < -0.3 is 4.74 Å². The van der Waals surface area contributed by atoms with Crippen LogP contribution in [-0.4, -0.2) is 17.5 Å². The smallest absolute Gasteiger partial charge is 0.138 e.